The molecule has 0 atom stereocenters. The number of hydroxylamine groups is 2. The van der Waals surface area contributed by atoms with Gasteiger partial charge in [-0.15, -0.1) is 11.3 Å². The van der Waals surface area contributed by atoms with Crippen LogP contribution in [0.15, 0.2) is 44.6 Å². The molecule has 13 nitrogen and oxygen atoms in total. The lowest BCUT2D eigenvalue weighted by molar-refractivity contribution is -0.192. The molecule has 45 heavy (non-hydrogen) atoms. The van der Waals surface area contributed by atoms with Crippen molar-refractivity contribution in [2.24, 2.45) is 37.9 Å². The summed E-state index contributed by atoms with van der Waals surface area (Å²) in [7, 11) is 0. The number of nitrogens with one attached hydrogen (secondary N) is 1. The zero-order valence-electron chi connectivity index (χ0n) is 24.9. The van der Waals surface area contributed by atoms with Crippen LogP contribution < -0.4 is 28.3 Å². The number of unbranched alkanes of at least 4 members (excludes halogenated alkanes) is 5. The number of aliphatic imine (C=N–C) groups is 3. The number of guanidine groups is 3. The first-order chi connectivity index (χ1) is 21.4. The highest BCUT2D eigenvalue weighted by Crippen LogP contribution is 2.36. The van der Waals surface area contributed by atoms with Crippen LogP contribution in [0.4, 0.5) is 24.0 Å². The number of halogens is 3. The Kier molecular flexibility index (Phi) is 13.2. The third kappa shape index (κ3) is 11.4. The maximum absolute atomic E-state index is 10.6. The maximum Gasteiger partial charge on any atom is 0.490 e. The molecular weight excluding hydrogens is 613 g/mol. The Morgan fingerprint density at radius 3 is 2.42 bits per heavy atom. The monoisotopic (exact) mass is 654 g/mol. The fourth-order valence-electron chi connectivity index (χ4n) is 4.95. The molecule has 1 saturated carbocycles. The highest BCUT2D eigenvalue weighted by Gasteiger charge is 2.43. The summed E-state index contributed by atoms with van der Waals surface area (Å²) in [6, 6.07) is 8.24. The summed E-state index contributed by atoms with van der Waals surface area (Å²) >= 11 is 1.42. The number of benzene rings is 1. The number of carboxylic acids is 1. The number of aliphatic carboxylic acids is 1. The molecular formula is C28H41F3N10O3S. The molecule has 1 aliphatic carbocycles. The minimum absolute atomic E-state index is 0.0148. The molecule has 248 valence electrons. The summed E-state index contributed by atoms with van der Waals surface area (Å²) in [5.41, 5.74) is 25.4. The number of rotatable bonds is 13. The standard InChI is InChI=1S/C26H40N10OS.C2HF3O2/c27-22(28)33-25-32-21(18-38-25)19-11-10-12-20(17-19)31-15-8-3-1-2-4-9-16-37-36-24(30)34-23(29)35-26(36)13-6-5-7-14-26;3-2(4,5)1(6)7/h10-12,17-18,31H,1-9,13-16H2,(H4,27,28,32,33)(H4,29,30,34,35);(H,6,7). The fraction of sp³-hybridized carbons (Fsp3) is 0.536. The molecule has 1 aromatic carbocycles. The van der Waals surface area contributed by atoms with E-state index in [1.54, 1.807) is 5.06 Å². The molecule has 17 heteroatoms. The van der Waals surface area contributed by atoms with E-state index >= 15 is 0 Å². The number of hydrogen-bond acceptors (Lipinski definition) is 11. The van der Waals surface area contributed by atoms with E-state index in [4.69, 9.17) is 37.7 Å². The van der Waals surface area contributed by atoms with Gasteiger partial charge in [0.25, 0.3) is 0 Å². The number of carbonyl (C=O) groups is 1. The van der Waals surface area contributed by atoms with Gasteiger partial charge in [-0.05, 0) is 50.7 Å². The van der Waals surface area contributed by atoms with Crippen LogP contribution in [0.5, 0.6) is 0 Å². The van der Waals surface area contributed by atoms with Gasteiger partial charge < -0.3 is 33.4 Å². The van der Waals surface area contributed by atoms with Gasteiger partial charge in [-0.25, -0.2) is 14.8 Å². The molecule has 1 aromatic heterocycles. The Balaban J connectivity index is 0.000000707. The van der Waals surface area contributed by atoms with E-state index in [1.165, 1.54) is 37.0 Å². The number of nitrogens with zero attached hydrogens (tertiary/aromatic N) is 5. The summed E-state index contributed by atoms with van der Waals surface area (Å²) in [5, 5.41) is 14.9. The van der Waals surface area contributed by atoms with E-state index in [9.17, 15) is 13.2 Å². The largest absolute Gasteiger partial charge is 0.490 e. The van der Waals surface area contributed by atoms with Crippen LogP contribution in [-0.2, 0) is 9.63 Å². The summed E-state index contributed by atoms with van der Waals surface area (Å²) in [6.07, 6.45) is 6.89. The summed E-state index contributed by atoms with van der Waals surface area (Å²) in [6.45, 7) is 1.54. The highest BCUT2D eigenvalue weighted by molar-refractivity contribution is 7.13. The second-order valence-corrected chi connectivity index (χ2v) is 11.4. The summed E-state index contributed by atoms with van der Waals surface area (Å²) < 4.78 is 31.7. The van der Waals surface area contributed by atoms with E-state index in [0.717, 1.165) is 68.4 Å². The molecule has 1 fully saturated rings. The second-order valence-electron chi connectivity index (χ2n) is 10.6. The van der Waals surface area contributed by atoms with Crippen LogP contribution in [0.25, 0.3) is 11.3 Å². The summed E-state index contributed by atoms with van der Waals surface area (Å²) in [4.78, 5) is 32.2. The average molecular weight is 655 g/mol. The fourth-order valence-corrected chi connectivity index (χ4v) is 5.66. The quantitative estimate of drug-likeness (QED) is 0.0999. The van der Waals surface area contributed by atoms with Gasteiger partial charge in [0, 0.05) is 23.2 Å². The van der Waals surface area contributed by atoms with E-state index in [0.29, 0.717) is 17.7 Å². The van der Waals surface area contributed by atoms with Crippen LogP contribution in [-0.4, -0.2) is 64.0 Å². The van der Waals surface area contributed by atoms with Crippen LogP contribution in [0.1, 0.15) is 70.6 Å². The zero-order chi connectivity index (χ0) is 32.9. The van der Waals surface area contributed by atoms with Crippen molar-refractivity contribution in [1.82, 2.24) is 10.0 Å². The first kappa shape index (κ1) is 35.4. The zero-order valence-corrected chi connectivity index (χ0v) is 25.7. The van der Waals surface area contributed by atoms with Gasteiger partial charge in [0.15, 0.2) is 11.6 Å². The van der Waals surface area contributed by atoms with Crippen molar-refractivity contribution in [1.29, 1.82) is 0 Å². The molecule has 0 radical (unpaired) electrons. The van der Waals surface area contributed by atoms with Crippen LogP contribution in [0.2, 0.25) is 0 Å². The van der Waals surface area contributed by atoms with E-state index < -0.39 is 17.8 Å². The van der Waals surface area contributed by atoms with Crippen molar-refractivity contribution in [2.45, 2.75) is 82.5 Å². The molecule has 1 aliphatic heterocycles. The molecule has 2 aliphatic rings. The predicted octanol–water partition coefficient (Wildman–Crippen LogP) is 4.64. The van der Waals surface area contributed by atoms with Gasteiger partial charge in [0.1, 0.15) is 0 Å². The van der Waals surface area contributed by atoms with Crippen molar-refractivity contribution >= 4 is 46.0 Å². The average Bonchev–Trinajstić information content (AvgIpc) is 3.43. The number of hydrogen-bond donors (Lipinski definition) is 6. The summed E-state index contributed by atoms with van der Waals surface area (Å²) in [5.74, 6) is -2.17. The van der Waals surface area contributed by atoms with E-state index in [2.05, 4.69) is 37.4 Å². The molecule has 2 aromatic rings. The molecule has 1 spiro atoms. The van der Waals surface area contributed by atoms with Gasteiger partial charge in [-0.1, -0.05) is 44.2 Å². The van der Waals surface area contributed by atoms with Crippen molar-refractivity contribution < 1.29 is 27.9 Å². The van der Waals surface area contributed by atoms with Crippen molar-refractivity contribution in [2.75, 3.05) is 18.5 Å². The Bertz CT molecular complexity index is 1340. The van der Waals surface area contributed by atoms with Gasteiger partial charge in [-0.2, -0.15) is 28.2 Å². The number of anilines is 1. The minimum atomic E-state index is -5.08. The van der Waals surface area contributed by atoms with Gasteiger partial charge >= 0.3 is 12.1 Å². The topological polar surface area (TPSA) is 216 Å². The number of nitrogens with two attached hydrogens (primary N) is 4. The minimum Gasteiger partial charge on any atom is -0.475 e. The number of alkyl halides is 3. The third-order valence-electron chi connectivity index (χ3n) is 7.03. The van der Waals surface area contributed by atoms with Gasteiger partial charge in [0.2, 0.25) is 17.1 Å². The molecule has 0 unspecified atom stereocenters. The molecule has 2 heterocycles. The first-order valence-electron chi connectivity index (χ1n) is 14.7. The smallest absolute Gasteiger partial charge is 0.475 e. The third-order valence-corrected chi connectivity index (χ3v) is 7.76. The lowest BCUT2D eigenvalue weighted by Crippen LogP contribution is -2.57. The lowest BCUT2D eigenvalue weighted by atomic mass is 9.89. The molecule has 0 bridgehead atoms. The van der Waals surface area contributed by atoms with Crippen LogP contribution in [0.3, 0.4) is 0 Å². The van der Waals surface area contributed by atoms with Crippen LogP contribution >= 0.6 is 11.3 Å². The van der Waals surface area contributed by atoms with Crippen molar-refractivity contribution in [3.8, 4) is 11.3 Å². The molecule has 0 saturated heterocycles. The Labute approximate surface area is 263 Å². The van der Waals surface area contributed by atoms with Crippen LogP contribution in [0, 0.1) is 0 Å². The highest BCUT2D eigenvalue weighted by atomic mass is 32.1. The predicted molar refractivity (Wildman–Crippen MR) is 170 cm³/mol. The number of carboxylic acid groups (broad SMARTS) is 1. The van der Waals surface area contributed by atoms with E-state index in [1.807, 2.05) is 17.5 Å². The first-order valence-corrected chi connectivity index (χ1v) is 15.6. The maximum atomic E-state index is 10.6. The Morgan fingerprint density at radius 2 is 1.76 bits per heavy atom. The second kappa shape index (κ2) is 16.8. The van der Waals surface area contributed by atoms with Crippen molar-refractivity contribution in [3.63, 3.8) is 0 Å². The van der Waals surface area contributed by atoms with E-state index in [-0.39, 0.29) is 11.9 Å². The normalized spacial score (nSPS) is 15.8. The number of thiazole rings is 1. The molecule has 10 N–H and O–H groups in total. The Morgan fingerprint density at radius 1 is 1.09 bits per heavy atom. The number of aromatic nitrogens is 1. The molecule has 0 amide bonds. The SMILES string of the molecule is NC(N)=Nc1nc(-c2cccc(NCCCCCCCCON3C(N)=NC(N)=NC34CCCCC4)c2)cs1.O=C(O)C(F)(F)F. The van der Waals surface area contributed by atoms with Gasteiger partial charge in [-0.3, -0.25) is 4.84 Å². The van der Waals surface area contributed by atoms with Crippen molar-refractivity contribution in [3.05, 3.63) is 29.6 Å². The lowest BCUT2D eigenvalue weighted by Gasteiger charge is -2.44. The Hall–Kier alpha value is -4.12. The van der Waals surface area contributed by atoms with Gasteiger partial charge in [0.05, 0.1) is 12.3 Å². The molecule has 4 rings (SSSR count).